The normalized spacial score (nSPS) is 23.6. The van der Waals surface area contributed by atoms with Crippen molar-refractivity contribution in [1.82, 2.24) is 0 Å². The summed E-state index contributed by atoms with van der Waals surface area (Å²) in [6, 6.07) is 19.0. The van der Waals surface area contributed by atoms with E-state index in [1.807, 2.05) is 60.7 Å². The van der Waals surface area contributed by atoms with E-state index in [9.17, 15) is 9.59 Å². The van der Waals surface area contributed by atoms with Gasteiger partial charge in [-0.1, -0.05) is 60.7 Å². The fraction of sp³-hybridized carbons (Fsp3) is 0.391. The third-order valence-electron chi connectivity index (χ3n) is 6.06. The number of Topliss-reactive ketones (excluding diaryl/α,β-unsaturated/α-hetero) is 2. The summed E-state index contributed by atoms with van der Waals surface area (Å²) in [5.41, 5.74) is 1.50. The Labute approximate surface area is 172 Å². The lowest BCUT2D eigenvalue weighted by molar-refractivity contribution is -0.943. The van der Waals surface area contributed by atoms with Gasteiger partial charge in [-0.15, -0.1) is 0 Å². The van der Waals surface area contributed by atoms with Crippen LogP contribution in [0.1, 0.15) is 27.1 Å². The van der Waals surface area contributed by atoms with E-state index in [1.54, 1.807) is 0 Å². The third-order valence-corrected chi connectivity index (χ3v) is 6.06. The van der Waals surface area contributed by atoms with E-state index in [-0.39, 0.29) is 35.8 Å². The molecule has 0 amide bonds. The second kappa shape index (κ2) is 8.99. The molecule has 0 bridgehead atoms. The van der Waals surface area contributed by atoms with Gasteiger partial charge in [-0.2, -0.15) is 0 Å². The lowest BCUT2D eigenvalue weighted by atomic mass is 9.79. The molecule has 2 atom stereocenters. The molecule has 2 heterocycles. The zero-order valence-corrected chi connectivity index (χ0v) is 16.7. The SMILES string of the molecule is O=C(c1ccccc1)C1CC(C(=O)c2ccccc2)C[N+]2(CCOCC2)C1.[Cl-]. The number of hydrogen-bond donors (Lipinski definition) is 0. The Kier molecular flexibility index (Phi) is 6.65. The summed E-state index contributed by atoms with van der Waals surface area (Å²) in [5, 5.41) is 0. The van der Waals surface area contributed by atoms with Crippen LogP contribution in [0.15, 0.2) is 60.7 Å². The molecule has 28 heavy (non-hydrogen) atoms. The Hall–Kier alpha value is -2.01. The minimum absolute atomic E-state index is 0. The van der Waals surface area contributed by atoms with E-state index in [1.165, 1.54) is 0 Å². The fourth-order valence-corrected chi connectivity index (χ4v) is 4.65. The van der Waals surface area contributed by atoms with Crippen molar-refractivity contribution < 1.29 is 31.2 Å². The first kappa shape index (κ1) is 20.7. The van der Waals surface area contributed by atoms with Gasteiger partial charge in [0.1, 0.15) is 13.1 Å². The number of benzene rings is 2. The molecule has 0 radical (unpaired) electrons. The predicted molar refractivity (Wildman–Crippen MR) is 104 cm³/mol. The maximum atomic E-state index is 13.2. The van der Waals surface area contributed by atoms with E-state index in [2.05, 4.69) is 0 Å². The summed E-state index contributed by atoms with van der Waals surface area (Å²) >= 11 is 0. The quantitative estimate of drug-likeness (QED) is 0.546. The largest absolute Gasteiger partial charge is 1.00 e. The first-order valence-corrected chi connectivity index (χ1v) is 9.78. The van der Waals surface area contributed by atoms with Crippen LogP contribution in [0.4, 0.5) is 0 Å². The topological polar surface area (TPSA) is 43.4 Å². The third kappa shape index (κ3) is 4.35. The summed E-state index contributed by atoms with van der Waals surface area (Å²) in [4.78, 5) is 26.4. The van der Waals surface area contributed by atoms with E-state index in [4.69, 9.17) is 4.74 Å². The zero-order valence-electron chi connectivity index (χ0n) is 15.9. The van der Waals surface area contributed by atoms with Gasteiger partial charge in [-0.25, -0.2) is 0 Å². The summed E-state index contributed by atoms with van der Waals surface area (Å²) < 4.78 is 6.40. The van der Waals surface area contributed by atoms with Crippen LogP contribution in [0.25, 0.3) is 0 Å². The molecule has 0 aliphatic carbocycles. The number of piperidine rings is 1. The summed E-state index contributed by atoms with van der Waals surface area (Å²) in [6.07, 6.45) is 0.641. The number of rotatable bonds is 4. The molecule has 2 unspecified atom stereocenters. The van der Waals surface area contributed by atoms with Crippen molar-refractivity contribution in [2.45, 2.75) is 6.42 Å². The Morgan fingerprint density at radius 1 is 0.750 bits per heavy atom. The minimum atomic E-state index is -0.114. The van der Waals surface area contributed by atoms with E-state index < -0.39 is 0 Å². The maximum Gasteiger partial charge on any atom is 0.171 e. The summed E-state index contributed by atoms with van der Waals surface area (Å²) in [7, 11) is 0. The molecule has 4 nitrogen and oxygen atoms in total. The molecular weight excluding hydrogens is 374 g/mol. The average molecular weight is 400 g/mol. The molecule has 1 spiro atoms. The highest BCUT2D eigenvalue weighted by atomic mass is 35.5. The van der Waals surface area contributed by atoms with Crippen molar-refractivity contribution in [2.24, 2.45) is 11.8 Å². The van der Waals surface area contributed by atoms with Crippen molar-refractivity contribution in [1.29, 1.82) is 0 Å². The van der Waals surface area contributed by atoms with E-state index in [0.29, 0.717) is 19.6 Å². The van der Waals surface area contributed by atoms with E-state index >= 15 is 0 Å². The predicted octanol–water partition coefficient (Wildman–Crippen LogP) is 0.239. The van der Waals surface area contributed by atoms with Gasteiger partial charge >= 0.3 is 0 Å². The molecule has 0 N–H and O–H groups in total. The number of nitrogens with zero attached hydrogens (tertiary/aromatic N) is 1. The van der Waals surface area contributed by atoms with Gasteiger partial charge in [0.25, 0.3) is 0 Å². The number of morpholine rings is 1. The Balaban J connectivity index is 0.00000225. The second-order valence-corrected chi connectivity index (χ2v) is 7.86. The molecule has 2 aliphatic rings. The zero-order chi connectivity index (χ0) is 18.7. The van der Waals surface area contributed by atoms with Crippen molar-refractivity contribution in [3.63, 3.8) is 0 Å². The van der Waals surface area contributed by atoms with Crippen LogP contribution in [0, 0.1) is 11.8 Å². The van der Waals surface area contributed by atoms with Crippen molar-refractivity contribution in [3.8, 4) is 0 Å². The number of hydrogen-bond acceptors (Lipinski definition) is 3. The fourth-order valence-electron chi connectivity index (χ4n) is 4.65. The number of halogens is 1. The molecular formula is C23H26ClNO3. The number of ether oxygens (including phenoxy) is 1. The number of carbonyl (C=O) groups is 2. The molecule has 4 rings (SSSR count). The first-order valence-electron chi connectivity index (χ1n) is 9.78. The Morgan fingerprint density at radius 3 is 1.61 bits per heavy atom. The second-order valence-electron chi connectivity index (χ2n) is 7.86. The molecule has 5 heteroatoms. The summed E-state index contributed by atoms with van der Waals surface area (Å²) in [5.74, 6) is 0.115. The van der Waals surface area contributed by atoms with Gasteiger partial charge in [-0.05, 0) is 6.42 Å². The van der Waals surface area contributed by atoms with Crippen molar-refractivity contribution >= 4 is 11.6 Å². The standard InChI is InChI=1S/C23H26NO3.ClH/c25-22(18-7-3-1-4-8-18)20-15-21(23(26)19-9-5-2-6-10-19)17-24(16-20)11-13-27-14-12-24;/h1-10,20-21H,11-17H2;1H/q+1;/p-1. The van der Waals surface area contributed by atoms with Crippen LogP contribution < -0.4 is 12.4 Å². The van der Waals surface area contributed by atoms with Gasteiger partial charge in [0, 0.05) is 11.1 Å². The molecule has 2 aliphatic heterocycles. The van der Waals surface area contributed by atoms with Crippen molar-refractivity contribution in [3.05, 3.63) is 71.8 Å². The number of quaternary nitrogens is 1. The number of ketones is 2. The average Bonchev–Trinajstić information content (AvgIpc) is 2.74. The van der Waals surface area contributed by atoms with Gasteiger partial charge < -0.3 is 21.6 Å². The highest BCUT2D eigenvalue weighted by molar-refractivity contribution is 6.00. The molecule has 2 aromatic carbocycles. The van der Waals surface area contributed by atoms with Gasteiger partial charge in [-0.3, -0.25) is 9.59 Å². The minimum Gasteiger partial charge on any atom is -1.00 e. The lowest BCUT2D eigenvalue weighted by Crippen LogP contribution is -3.00. The molecule has 2 fully saturated rings. The van der Waals surface area contributed by atoms with Crippen molar-refractivity contribution in [2.75, 3.05) is 39.4 Å². The molecule has 2 aromatic rings. The maximum absolute atomic E-state index is 13.2. The monoisotopic (exact) mass is 399 g/mol. The molecule has 2 saturated heterocycles. The Morgan fingerprint density at radius 2 is 1.18 bits per heavy atom. The smallest absolute Gasteiger partial charge is 0.171 e. The highest BCUT2D eigenvalue weighted by Gasteiger charge is 2.45. The van der Waals surface area contributed by atoms with Crippen LogP contribution >= 0.6 is 0 Å². The number of carbonyl (C=O) groups excluding carboxylic acids is 2. The van der Waals surface area contributed by atoms with Crippen LogP contribution in [-0.2, 0) is 4.74 Å². The molecule has 0 aromatic heterocycles. The van der Waals surface area contributed by atoms with Gasteiger partial charge in [0.05, 0.1) is 38.1 Å². The molecule has 148 valence electrons. The van der Waals surface area contributed by atoms with Crippen LogP contribution in [0.2, 0.25) is 0 Å². The van der Waals surface area contributed by atoms with Crippen LogP contribution in [0.5, 0.6) is 0 Å². The van der Waals surface area contributed by atoms with Gasteiger partial charge in [0.15, 0.2) is 11.6 Å². The molecule has 0 saturated carbocycles. The van der Waals surface area contributed by atoms with Crippen LogP contribution in [-0.4, -0.2) is 55.4 Å². The Bertz CT molecular complexity index is 742. The van der Waals surface area contributed by atoms with Crippen LogP contribution in [0.3, 0.4) is 0 Å². The van der Waals surface area contributed by atoms with E-state index in [0.717, 1.165) is 41.8 Å². The highest BCUT2D eigenvalue weighted by Crippen LogP contribution is 2.33. The van der Waals surface area contributed by atoms with Gasteiger partial charge in [0.2, 0.25) is 0 Å². The summed E-state index contributed by atoms with van der Waals surface area (Å²) in [6.45, 7) is 4.82. The first-order chi connectivity index (χ1) is 13.2. The lowest BCUT2D eigenvalue weighted by Gasteiger charge is -2.48.